The van der Waals surface area contributed by atoms with E-state index in [1.54, 1.807) is 0 Å². The zero-order valence-electron chi connectivity index (χ0n) is 15.6. The number of amides is 1. The number of nitrogens with one attached hydrogen (secondary N) is 2. The zero-order chi connectivity index (χ0) is 18.5. The fourth-order valence-corrected chi connectivity index (χ4v) is 7.14. The number of anilines is 1. The summed E-state index contributed by atoms with van der Waals surface area (Å²) in [6.07, 6.45) is 1.96. The van der Waals surface area contributed by atoms with Crippen molar-refractivity contribution < 1.29 is 19.4 Å². The van der Waals surface area contributed by atoms with Crippen molar-refractivity contribution in [3.05, 3.63) is 28.2 Å². The Bertz CT molecular complexity index is 835. The van der Waals surface area contributed by atoms with Gasteiger partial charge in [-0.2, -0.15) is 0 Å². The molecule has 1 aromatic carbocycles. The molecule has 2 unspecified atom stereocenters. The average molecular weight is 420 g/mol. The lowest BCUT2D eigenvalue weighted by Crippen LogP contribution is -3.48. The number of carbonyl (C=O) groups excluding carboxylic acids is 2. The first-order valence-corrected chi connectivity index (χ1v) is 10.4. The van der Waals surface area contributed by atoms with Gasteiger partial charge in [0.05, 0.1) is 5.69 Å². The van der Waals surface area contributed by atoms with Gasteiger partial charge in [0.1, 0.15) is 42.6 Å². The summed E-state index contributed by atoms with van der Waals surface area (Å²) in [4.78, 5) is 31.4. The maximum absolute atomic E-state index is 13.6. The number of hydrogen-bond acceptors (Lipinski definition) is 2. The van der Waals surface area contributed by atoms with Crippen LogP contribution in [0.15, 0.2) is 22.7 Å². The van der Waals surface area contributed by atoms with Crippen LogP contribution in [0.2, 0.25) is 0 Å². The Balaban J connectivity index is 1.72. The molecule has 4 fully saturated rings. The third-order valence-electron chi connectivity index (χ3n) is 7.48. The van der Waals surface area contributed by atoms with Gasteiger partial charge in [-0.1, -0.05) is 29.3 Å². The van der Waals surface area contributed by atoms with Crippen molar-refractivity contribution in [1.82, 2.24) is 0 Å². The van der Waals surface area contributed by atoms with Crippen LogP contribution in [-0.2, 0) is 15.3 Å². The van der Waals surface area contributed by atoms with Gasteiger partial charge in [0.15, 0.2) is 5.78 Å². The molecule has 4 saturated heterocycles. The van der Waals surface area contributed by atoms with Gasteiger partial charge in [0.2, 0.25) is 0 Å². The molecule has 6 rings (SSSR count). The van der Waals surface area contributed by atoms with Crippen molar-refractivity contribution in [2.24, 2.45) is 10.8 Å². The van der Waals surface area contributed by atoms with Gasteiger partial charge in [0.25, 0.3) is 0 Å². The third kappa shape index (κ3) is 1.69. The first-order chi connectivity index (χ1) is 12.3. The lowest BCUT2D eigenvalue weighted by atomic mass is 9.58. The molecule has 1 aromatic rings. The molecule has 5 aliphatic rings. The fraction of sp³-hybridized carbons (Fsp3) is 0.600. The minimum Gasteiger partial charge on any atom is -0.303 e. The van der Waals surface area contributed by atoms with E-state index in [1.165, 1.54) is 9.80 Å². The van der Waals surface area contributed by atoms with E-state index < -0.39 is 5.66 Å². The second-order valence-corrected chi connectivity index (χ2v) is 10.0. The Hall–Kier alpha value is -1.24. The highest BCUT2D eigenvalue weighted by molar-refractivity contribution is 9.10. The van der Waals surface area contributed by atoms with E-state index in [-0.39, 0.29) is 16.7 Å². The van der Waals surface area contributed by atoms with Crippen molar-refractivity contribution in [3.63, 3.8) is 0 Å². The second-order valence-electron chi connectivity index (χ2n) is 9.11. The number of Topliss-reactive ketones (excluding diaryl/α,β-unsaturated/α-hetero) is 1. The Morgan fingerprint density at radius 3 is 2.42 bits per heavy atom. The van der Waals surface area contributed by atoms with Crippen molar-refractivity contribution in [3.8, 4) is 0 Å². The number of ketones is 1. The monoisotopic (exact) mass is 419 g/mol. The van der Waals surface area contributed by atoms with Gasteiger partial charge in [-0.25, -0.2) is 0 Å². The highest BCUT2D eigenvalue weighted by Gasteiger charge is 2.79. The Labute approximate surface area is 162 Å². The van der Waals surface area contributed by atoms with Gasteiger partial charge in [-0.3, -0.25) is 19.4 Å². The number of likely N-dealkylation sites (N-methyl/N-ethyl adjacent to an activating group) is 1. The summed E-state index contributed by atoms with van der Waals surface area (Å²) >= 11 is 3.61. The Morgan fingerprint density at radius 2 is 1.81 bits per heavy atom. The molecular weight excluding hydrogens is 394 g/mol. The number of fused-ring (bicyclic) bond motifs is 1. The first kappa shape index (κ1) is 16.9. The predicted molar refractivity (Wildman–Crippen MR) is 101 cm³/mol. The molecule has 2 N–H and O–H groups in total. The van der Waals surface area contributed by atoms with E-state index in [0.29, 0.717) is 5.78 Å². The van der Waals surface area contributed by atoms with Crippen LogP contribution in [0.5, 0.6) is 0 Å². The quantitative estimate of drug-likeness (QED) is 0.694. The topological polar surface area (TPSA) is 46.3 Å². The van der Waals surface area contributed by atoms with E-state index in [9.17, 15) is 9.59 Å². The largest absolute Gasteiger partial charge is 0.353 e. The number of hydrogen-bond donors (Lipinski definition) is 2. The number of halogens is 1. The van der Waals surface area contributed by atoms with Gasteiger partial charge in [0, 0.05) is 11.5 Å². The molecule has 4 bridgehead atoms. The molecular formula is C20H26BrN3O2+2. The molecule has 1 amide bonds. The number of quaternary nitrogens is 2. The average Bonchev–Trinajstić information content (AvgIpc) is 2.78. The molecule has 0 aromatic heterocycles. The third-order valence-corrected chi connectivity index (χ3v) is 7.97. The van der Waals surface area contributed by atoms with Crippen LogP contribution in [0.1, 0.15) is 32.3 Å². The minimum atomic E-state index is -0.578. The molecule has 0 aliphatic carbocycles. The molecule has 26 heavy (non-hydrogen) atoms. The van der Waals surface area contributed by atoms with Crippen LogP contribution in [0.25, 0.3) is 0 Å². The number of carbonyl (C=O) groups is 2. The van der Waals surface area contributed by atoms with Gasteiger partial charge in [-0.15, -0.1) is 0 Å². The summed E-state index contributed by atoms with van der Waals surface area (Å²) in [5, 5.41) is 0. The van der Waals surface area contributed by atoms with Crippen LogP contribution in [0, 0.1) is 10.8 Å². The number of rotatable bonds is 2. The summed E-state index contributed by atoms with van der Waals surface area (Å²) in [6.45, 7) is 7.43. The van der Waals surface area contributed by atoms with Crippen molar-refractivity contribution >= 4 is 33.3 Å². The fourth-order valence-electron chi connectivity index (χ4n) is 6.78. The summed E-state index contributed by atoms with van der Waals surface area (Å²) in [5.41, 5.74) is 1.03. The molecule has 5 nitrogen and oxygen atoms in total. The Morgan fingerprint density at radius 1 is 1.15 bits per heavy atom. The van der Waals surface area contributed by atoms with Gasteiger partial charge < -0.3 is 4.90 Å². The predicted octanol–water partition coefficient (Wildman–Crippen LogP) is -0.249. The maximum atomic E-state index is 13.6. The second kappa shape index (κ2) is 4.97. The van der Waals surface area contributed by atoms with Crippen LogP contribution in [0.3, 0.4) is 0 Å². The van der Waals surface area contributed by atoms with E-state index in [1.807, 2.05) is 24.1 Å². The number of nitrogens with zero attached hydrogens (tertiary/aromatic N) is 1. The van der Waals surface area contributed by atoms with E-state index in [4.69, 9.17) is 0 Å². The molecule has 138 valence electrons. The molecule has 5 heterocycles. The van der Waals surface area contributed by atoms with E-state index in [2.05, 4.69) is 35.8 Å². The Kier molecular flexibility index (Phi) is 3.23. The summed E-state index contributed by atoms with van der Waals surface area (Å²) in [5.74, 6) is 0.652. The minimum absolute atomic E-state index is 0.192. The van der Waals surface area contributed by atoms with E-state index in [0.717, 1.165) is 54.7 Å². The molecule has 2 atom stereocenters. The first-order valence-electron chi connectivity index (χ1n) is 9.62. The molecule has 5 aliphatic heterocycles. The molecule has 0 radical (unpaired) electrons. The smallest absolute Gasteiger partial charge is 0.303 e. The van der Waals surface area contributed by atoms with Crippen LogP contribution >= 0.6 is 15.9 Å². The standard InChI is InChI=1S/C20H24BrN3O2/c1-4-7-19-11-23-9-18(2,16(19)25)10-24(12-19)20(23)14-8-13(21)5-6-15(14)22(3)17(20)26/h5-6,8H,4,7,9-12H2,1-3H3/p+2. The zero-order valence-corrected chi connectivity index (χ0v) is 17.2. The van der Waals surface area contributed by atoms with Crippen LogP contribution < -0.4 is 14.7 Å². The molecule has 6 heteroatoms. The SMILES string of the molecule is CCCC12C[NH+]3CC(C)(C[NH+](C1)C31C(=O)N(C)c3ccc(Br)cc31)C2=O. The highest BCUT2D eigenvalue weighted by atomic mass is 79.9. The molecule has 1 spiro atoms. The maximum Gasteiger partial charge on any atom is 0.353 e. The summed E-state index contributed by atoms with van der Waals surface area (Å²) in [6, 6.07) is 6.19. The van der Waals surface area contributed by atoms with Crippen LogP contribution in [0.4, 0.5) is 5.69 Å². The van der Waals surface area contributed by atoms with Gasteiger partial charge >= 0.3 is 11.6 Å². The summed E-state index contributed by atoms with van der Waals surface area (Å²) < 4.78 is 1.01. The summed E-state index contributed by atoms with van der Waals surface area (Å²) in [7, 11) is 1.89. The highest BCUT2D eigenvalue weighted by Crippen LogP contribution is 2.45. The molecule has 0 saturated carbocycles. The lowest BCUT2D eigenvalue weighted by molar-refractivity contribution is -1.20. The van der Waals surface area contributed by atoms with Crippen molar-refractivity contribution in [2.75, 3.05) is 38.1 Å². The van der Waals surface area contributed by atoms with E-state index >= 15 is 0 Å². The van der Waals surface area contributed by atoms with Gasteiger partial charge in [-0.05, 0) is 31.5 Å². The lowest BCUT2D eigenvalue weighted by Gasteiger charge is -2.62. The normalized spacial score (nSPS) is 42.8. The number of benzene rings is 1. The van der Waals surface area contributed by atoms with Crippen molar-refractivity contribution in [2.45, 2.75) is 32.4 Å². The van der Waals surface area contributed by atoms with Crippen molar-refractivity contribution in [1.29, 1.82) is 0 Å². The van der Waals surface area contributed by atoms with Crippen LogP contribution in [-0.4, -0.2) is 44.9 Å². The number of piperidine rings is 2.